The summed E-state index contributed by atoms with van der Waals surface area (Å²) in [4.78, 5) is 23.4. The molecule has 1 saturated heterocycles. The van der Waals surface area contributed by atoms with E-state index in [-0.39, 0.29) is 12.5 Å². The van der Waals surface area contributed by atoms with E-state index in [2.05, 4.69) is 0 Å². The van der Waals surface area contributed by atoms with E-state index in [9.17, 15) is 22.8 Å². The summed E-state index contributed by atoms with van der Waals surface area (Å²) in [5.74, 6) is -2.81. The Morgan fingerprint density at radius 1 is 1.33 bits per heavy atom. The van der Waals surface area contributed by atoms with Gasteiger partial charge in [-0.25, -0.2) is 10.0 Å². The topological polar surface area (TPSA) is 78.7 Å². The molecule has 1 fully saturated rings. The molecule has 1 heterocycles. The number of nitrogens with two attached hydrogens (primary N) is 1. The van der Waals surface area contributed by atoms with Crippen molar-refractivity contribution in [1.29, 1.82) is 0 Å². The number of amides is 2. The Labute approximate surface area is 137 Å². The van der Waals surface area contributed by atoms with E-state index < -0.39 is 30.1 Å². The number of rotatable bonds is 4. The van der Waals surface area contributed by atoms with E-state index in [1.165, 1.54) is 5.01 Å². The summed E-state index contributed by atoms with van der Waals surface area (Å²) in [6.07, 6.45) is -4.94. The molecule has 24 heavy (non-hydrogen) atoms. The third kappa shape index (κ3) is 3.51. The lowest BCUT2D eigenvalue weighted by Crippen LogP contribution is -2.49. The summed E-state index contributed by atoms with van der Waals surface area (Å²) >= 11 is 0. The van der Waals surface area contributed by atoms with Crippen LogP contribution in [0.5, 0.6) is 0 Å². The predicted octanol–water partition coefficient (Wildman–Crippen LogP) is 0.890. The van der Waals surface area contributed by atoms with Gasteiger partial charge in [-0.2, -0.15) is 13.2 Å². The lowest BCUT2D eigenvalue weighted by molar-refractivity contribution is -0.173. The highest BCUT2D eigenvalue weighted by molar-refractivity contribution is 5.99. The van der Waals surface area contributed by atoms with Gasteiger partial charge in [-0.1, -0.05) is 25.1 Å². The number of alkyl halides is 3. The fraction of sp³-hybridized carbons (Fsp3) is 0.467. The Balaban J connectivity index is 2.10. The van der Waals surface area contributed by atoms with Crippen LogP contribution in [0.1, 0.15) is 6.92 Å². The molecule has 0 aliphatic carbocycles. The first kappa shape index (κ1) is 18.2. The van der Waals surface area contributed by atoms with E-state index in [1.807, 2.05) is 5.32 Å². The van der Waals surface area contributed by atoms with Gasteiger partial charge in [-0.15, -0.1) is 0 Å². The molecule has 6 nitrogen and oxygen atoms in total. The van der Waals surface area contributed by atoms with Crippen LogP contribution in [-0.4, -0.2) is 48.7 Å². The number of halogens is 3. The Hall–Kier alpha value is -2.13. The first-order chi connectivity index (χ1) is 11.1. The molecule has 2 amide bonds. The lowest BCUT2D eigenvalue weighted by atomic mass is 9.96. The van der Waals surface area contributed by atoms with Gasteiger partial charge in [0.25, 0.3) is 5.91 Å². The minimum atomic E-state index is -4.94. The minimum Gasteiger partial charge on any atom is -0.348 e. The maximum atomic E-state index is 12.4. The Bertz CT molecular complexity index is 608. The number of hydrogen-bond donors (Lipinski definition) is 2. The molecule has 3 N–H and O–H groups in total. The van der Waals surface area contributed by atoms with Crippen LogP contribution in [0.2, 0.25) is 0 Å². The van der Waals surface area contributed by atoms with Crippen LogP contribution < -0.4 is 16.1 Å². The van der Waals surface area contributed by atoms with Crippen LogP contribution in [0.25, 0.3) is 0 Å². The van der Waals surface area contributed by atoms with Gasteiger partial charge in [0.05, 0.1) is 11.7 Å². The van der Waals surface area contributed by atoms with Gasteiger partial charge in [0.15, 0.2) is 0 Å². The van der Waals surface area contributed by atoms with Crippen LogP contribution in [-0.2, 0) is 9.59 Å². The first-order valence-electron chi connectivity index (χ1n) is 7.37. The van der Waals surface area contributed by atoms with Crippen LogP contribution in [0.4, 0.5) is 18.9 Å². The highest BCUT2D eigenvalue weighted by Gasteiger charge is 2.46. The summed E-state index contributed by atoms with van der Waals surface area (Å²) in [7, 11) is 1.64. The van der Waals surface area contributed by atoms with Gasteiger partial charge in [-0.05, 0) is 18.1 Å². The van der Waals surface area contributed by atoms with Crippen molar-refractivity contribution in [2.45, 2.75) is 25.2 Å². The van der Waals surface area contributed by atoms with Crippen LogP contribution >= 0.6 is 0 Å². The number of carbonyl (C=O) groups is 2. The Morgan fingerprint density at radius 3 is 2.46 bits per heavy atom. The molecule has 0 aromatic heterocycles. The molecular weight excluding hydrogens is 325 g/mol. The molecule has 1 aliphatic rings. The van der Waals surface area contributed by atoms with E-state index in [0.717, 1.165) is 0 Å². The normalized spacial score (nSPS) is 23.4. The fourth-order valence-corrected chi connectivity index (χ4v) is 2.88. The second kappa shape index (κ2) is 6.78. The number of para-hydroxylation sites is 1. The lowest BCUT2D eigenvalue weighted by Gasteiger charge is -2.31. The van der Waals surface area contributed by atoms with Gasteiger partial charge < -0.3 is 11.1 Å². The van der Waals surface area contributed by atoms with Crippen molar-refractivity contribution in [3.63, 3.8) is 0 Å². The molecule has 9 heteroatoms. The van der Waals surface area contributed by atoms with E-state index >= 15 is 0 Å². The number of nitrogens with zero attached hydrogens (tertiary/aromatic N) is 2. The van der Waals surface area contributed by atoms with Crippen molar-refractivity contribution < 1.29 is 22.8 Å². The van der Waals surface area contributed by atoms with Crippen molar-refractivity contribution in [2.75, 3.05) is 18.6 Å². The molecule has 132 valence electrons. The molecule has 0 saturated carbocycles. The van der Waals surface area contributed by atoms with Gasteiger partial charge in [0.1, 0.15) is 6.04 Å². The highest BCUT2D eigenvalue weighted by atomic mass is 19.4. The third-order valence-electron chi connectivity index (χ3n) is 4.03. The van der Waals surface area contributed by atoms with Crippen LogP contribution in [0.3, 0.4) is 0 Å². The van der Waals surface area contributed by atoms with Gasteiger partial charge in [0.2, 0.25) is 0 Å². The molecule has 1 aliphatic heterocycles. The minimum absolute atomic E-state index is 0.239. The monoisotopic (exact) mass is 344 g/mol. The molecule has 2 rings (SSSR count). The largest absolute Gasteiger partial charge is 0.471 e. The quantitative estimate of drug-likeness (QED) is 0.850. The second-order valence-electron chi connectivity index (χ2n) is 5.76. The smallest absolute Gasteiger partial charge is 0.348 e. The molecule has 0 spiro atoms. The summed E-state index contributed by atoms with van der Waals surface area (Å²) in [5, 5.41) is 4.84. The number of carbonyl (C=O) groups excluding carboxylic acids is 2. The number of likely N-dealkylation sites (N-methyl/N-ethyl adjacent to an activating group) is 1. The molecular formula is C15H19F3N4O2. The highest BCUT2D eigenvalue weighted by Crippen LogP contribution is 2.28. The second-order valence-corrected chi connectivity index (χ2v) is 5.76. The van der Waals surface area contributed by atoms with Crippen LogP contribution in [0, 0.1) is 5.92 Å². The number of nitrogens with one attached hydrogen (secondary N) is 1. The van der Waals surface area contributed by atoms with Crippen molar-refractivity contribution >= 4 is 17.5 Å². The van der Waals surface area contributed by atoms with Crippen molar-refractivity contribution in [3.05, 3.63) is 30.3 Å². The Kier molecular flexibility index (Phi) is 5.14. The summed E-state index contributed by atoms with van der Waals surface area (Å²) in [6, 6.07) is 7.37. The molecule has 1 aromatic carbocycles. The van der Waals surface area contributed by atoms with Crippen molar-refractivity contribution in [3.8, 4) is 0 Å². The van der Waals surface area contributed by atoms with E-state index in [0.29, 0.717) is 5.69 Å². The fourth-order valence-electron chi connectivity index (χ4n) is 2.88. The molecule has 3 atom stereocenters. The average molecular weight is 344 g/mol. The van der Waals surface area contributed by atoms with Gasteiger partial charge >= 0.3 is 12.1 Å². The zero-order valence-electron chi connectivity index (χ0n) is 13.2. The van der Waals surface area contributed by atoms with E-state index in [4.69, 9.17) is 5.73 Å². The third-order valence-corrected chi connectivity index (χ3v) is 4.03. The molecule has 1 aromatic rings. The number of hydrazine groups is 1. The molecule has 0 radical (unpaired) electrons. The number of benzene rings is 1. The molecule has 0 bridgehead atoms. The summed E-state index contributed by atoms with van der Waals surface area (Å²) in [5.41, 5.74) is 6.59. The predicted molar refractivity (Wildman–Crippen MR) is 81.7 cm³/mol. The van der Waals surface area contributed by atoms with E-state index in [1.54, 1.807) is 49.3 Å². The standard InChI is InChI=1S/C15H19F3N4O2/c1-9(8-20-14(24)15(16,17)18)12-11(19)13(23)22(21(12)2)10-6-4-3-5-7-10/h3-7,9,11-12H,8,19H2,1-2H3,(H,20,24). The van der Waals surface area contributed by atoms with Crippen molar-refractivity contribution in [2.24, 2.45) is 11.7 Å². The van der Waals surface area contributed by atoms with Gasteiger partial charge in [0, 0.05) is 13.6 Å². The molecule has 3 unspecified atom stereocenters. The maximum absolute atomic E-state index is 12.4. The average Bonchev–Trinajstić information content (AvgIpc) is 2.74. The SMILES string of the molecule is CC(CNC(=O)C(F)(F)F)C1C(N)C(=O)N(c2ccccc2)N1C. The van der Waals surface area contributed by atoms with Crippen molar-refractivity contribution in [1.82, 2.24) is 10.3 Å². The van der Waals surface area contributed by atoms with Crippen LogP contribution in [0.15, 0.2) is 30.3 Å². The summed E-state index contributed by atoms with van der Waals surface area (Å²) < 4.78 is 36.8. The first-order valence-corrected chi connectivity index (χ1v) is 7.37. The maximum Gasteiger partial charge on any atom is 0.471 e. The number of anilines is 1. The zero-order valence-corrected chi connectivity index (χ0v) is 13.2. The van der Waals surface area contributed by atoms with Gasteiger partial charge in [-0.3, -0.25) is 9.59 Å². The Morgan fingerprint density at radius 2 is 1.92 bits per heavy atom. The number of hydrogen-bond acceptors (Lipinski definition) is 4. The summed E-state index contributed by atoms with van der Waals surface area (Å²) in [6.45, 7) is 1.40. The zero-order chi connectivity index (χ0) is 18.1.